The summed E-state index contributed by atoms with van der Waals surface area (Å²) >= 11 is 0.741. The average Bonchev–Trinajstić information content (AvgIpc) is 2.28. The Labute approximate surface area is 100 Å². The van der Waals surface area contributed by atoms with Gasteiger partial charge in [-0.3, -0.25) is 9.59 Å². The van der Waals surface area contributed by atoms with E-state index in [0.29, 0.717) is 25.8 Å². The maximum absolute atomic E-state index is 11.6. The summed E-state index contributed by atoms with van der Waals surface area (Å²) in [5, 5.41) is 5.08. The van der Waals surface area contributed by atoms with Gasteiger partial charge in [0.25, 0.3) is 0 Å². The Balaban J connectivity index is 3.28. The summed E-state index contributed by atoms with van der Waals surface area (Å²) in [6.45, 7) is 0.638. The van der Waals surface area contributed by atoms with Crippen molar-refractivity contribution >= 4 is 31.6 Å². The van der Waals surface area contributed by atoms with Crippen LogP contribution >= 0.6 is 19.8 Å². The maximum atomic E-state index is 11.6. The van der Waals surface area contributed by atoms with Crippen molar-refractivity contribution in [2.45, 2.75) is 19.3 Å². The molecule has 0 aliphatic rings. The van der Waals surface area contributed by atoms with Gasteiger partial charge in [0.15, 0.2) is 8.09 Å². The summed E-state index contributed by atoms with van der Waals surface area (Å²) in [7, 11) is 0.757. The number of halogens is 1. The molecule has 0 aliphatic heterocycles. The highest BCUT2D eigenvalue weighted by Crippen LogP contribution is 2.30. The highest BCUT2D eigenvalue weighted by molar-refractivity contribution is 8.45. The minimum absolute atomic E-state index is 0.0727. The quantitative estimate of drug-likeness (QED) is 0.375. The van der Waals surface area contributed by atoms with Gasteiger partial charge in [-0.2, -0.15) is 0 Å². The highest BCUT2D eigenvalue weighted by Gasteiger charge is 2.03. The molecule has 94 valence electrons. The average molecular weight is 270 g/mol. The second kappa shape index (κ2) is 11.1. The van der Waals surface area contributed by atoms with Crippen LogP contribution in [0, 0.1) is 0 Å². The minimum Gasteiger partial charge on any atom is -0.359 e. The first-order valence-electron chi connectivity index (χ1n) is 4.82. The zero-order valence-corrected chi connectivity index (χ0v) is 10.9. The molecule has 0 spiro atoms. The summed E-state index contributed by atoms with van der Waals surface area (Å²) in [6, 6.07) is 0. The molecule has 0 saturated carbocycles. The molecule has 2 amide bonds. The molecule has 0 aromatic heterocycles. The lowest BCUT2D eigenvalue weighted by atomic mass is 10.2. The van der Waals surface area contributed by atoms with Crippen LogP contribution in [-0.4, -0.2) is 32.0 Å². The highest BCUT2D eigenvalue weighted by atomic mass is 32.7. The van der Waals surface area contributed by atoms with Gasteiger partial charge in [0.2, 0.25) is 11.8 Å². The van der Waals surface area contributed by atoms with Gasteiger partial charge in [-0.15, -0.1) is 0 Å². The molecule has 0 aliphatic carbocycles. The molecule has 0 radical (unpaired) electrons. The van der Waals surface area contributed by atoms with Crippen LogP contribution < -0.4 is 10.6 Å². The fourth-order valence-corrected chi connectivity index (χ4v) is 1.51. The van der Waals surface area contributed by atoms with Crippen molar-refractivity contribution in [2.75, 3.05) is 20.2 Å². The van der Waals surface area contributed by atoms with Crippen molar-refractivity contribution in [1.82, 2.24) is 10.6 Å². The predicted molar refractivity (Wildman–Crippen MR) is 63.9 cm³/mol. The van der Waals surface area contributed by atoms with Gasteiger partial charge in [0.1, 0.15) is 0 Å². The van der Waals surface area contributed by atoms with E-state index in [1.165, 1.54) is 0 Å². The third kappa shape index (κ3) is 10.1. The van der Waals surface area contributed by atoms with Gasteiger partial charge in [0, 0.05) is 26.4 Å². The van der Waals surface area contributed by atoms with Crippen LogP contribution in [0.4, 0.5) is 4.20 Å². The van der Waals surface area contributed by atoms with E-state index >= 15 is 0 Å². The molecule has 0 fully saturated rings. The fraction of sp³-hybridized carbons (Fsp3) is 0.750. The van der Waals surface area contributed by atoms with Crippen molar-refractivity contribution in [3.8, 4) is 0 Å². The number of amides is 2. The van der Waals surface area contributed by atoms with Gasteiger partial charge in [-0.1, -0.05) is 0 Å². The molecule has 0 aromatic rings. The number of nitrogens with one attached hydrogen (secondary N) is 2. The summed E-state index contributed by atoms with van der Waals surface area (Å²) in [4.78, 5) is 22.0. The molecule has 0 aromatic carbocycles. The molecule has 0 bridgehead atoms. The van der Waals surface area contributed by atoms with Crippen molar-refractivity contribution in [3.63, 3.8) is 0 Å². The van der Waals surface area contributed by atoms with E-state index in [2.05, 4.69) is 10.6 Å². The lowest BCUT2D eigenvalue weighted by Gasteiger charge is -2.04. The van der Waals surface area contributed by atoms with E-state index in [4.69, 9.17) is 4.18 Å². The normalized spacial score (nSPS) is 10.6. The van der Waals surface area contributed by atoms with Crippen LogP contribution in [0.25, 0.3) is 0 Å². The zero-order chi connectivity index (χ0) is 12.2. The standard InChI is InChI=1S/C8H16FN2O3PS/c1-10-7(12)3-2-4-8(13)11-5-6-14-16-15-9/h15H,2-6H2,1H3,(H,10,12)(H,11,13). The molecule has 0 saturated heterocycles. The second-order valence-electron chi connectivity index (χ2n) is 2.86. The molecule has 0 rings (SSSR count). The van der Waals surface area contributed by atoms with Crippen molar-refractivity contribution in [3.05, 3.63) is 0 Å². The Kier molecular flexibility index (Phi) is 10.8. The van der Waals surface area contributed by atoms with Crippen LogP contribution in [0.5, 0.6) is 0 Å². The van der Waals surface area contributed by atoms with Crippen LogP contribution in [0.1, 0.15) is 19.3 Å². The van der Waals surface area contributed by atoms with E-state index in [9.17, 15) is 13.8 Å². The van der Waals surface area contributed by atoms with Gasteiger partial charge in [-0.25, -0.2) is 4.20 Å². The Morgan fingerprint density at radius 3 is 2.69 bits per heavy atom. The van der Waals surface area contributed by atoms with Crippen LogP contribution in [-0.2, 0) is 13.8 Å². The monoisotopic (exact) mass is 270 g/mol. The molecule has 1 atom stereocenters. The Hall–Kier alpha value is -0.390. The largest absolute Gasteiger partial charge is 0.359 e. The third-order valence-corrected chi connectivity index (χ3v) is 2.57. The molecule has 16 heavy (non-hydrogen) atoms. The molecule has 5 nitrogen and oxygen atoms in total. The van der Waals surface area contributed by atoms with Gasteiger partial charge in [-0.05, 0) is 6.42 Å². The van der Waals surface area contributed by atoms with Crippen molar-refractivity contribution in [2.24, 2.45) is 0 Å². The van der Waals surface area contributed by atoms with Crippen LogP contribution in [0.2, 0.25) is 0 Å². The molecule has 1 unspecified atom stereocenters. The Bertz CT molecular complexity index is 221. The SMILES string of the molecule is CNC(=O)CCCC(=O)NCCOSPF. The van der Waals surface area contributed by atoms with Crippen molar-refractivity contribution < 1.29 is 18.0 Å². The van der Waals surface area contributed by atoms with E-state index < -0.39 is 8.09 Å². The predicted octanol–water partition coefficient (Wildman–Crippen LogP) is 1.16. The fourth-order valence-electron chi connectivity index (χ4n) is 0.919. The van der Waals surface area contributed by atoms with E-state index in [-0.39, 0.29) is 18.4 Å². The van der Waals surface area contributed by atoms with Crippen LogP contribution in [0.3, 0.4) is 0 Å². The number of carbonyl (C=O) groups is 2. The molecular weight excluding hydrogens is 254 g/mol. The first kappa shape index (κ1) is 15.6. The van der Waals surface area contributed by atoms with Gasteiger partial charge >= 0.3 is 0 Å². The molecule has 0 heterocycles. The van der Waals surface area contributed by atoms with E-state index in [1.807, 2.05) is 0 Å². The molecule has 8 heteroatoms. The second-order valence-corrected chi connectivity index (χ2v) is 4.38. The number of hydrogen-bond acceptors (Lipinski definition) is 4. The molecular formula is C8H16FN2O3PS. The Morgan fingerprint density at radius 1 is 1.38 bits per heavy atom. The minimum atomic E-state index is -0.802. The summed E-state index contributed by atoms with van der Waals surface area (Å²) in [5.74, 6) is -0.198. The number of carbonyl (C=O) groups excluding carboxylic acids is 2. The maximum Gasteiger partial charge on any atom is 0.220 e. The Morgan fingerprint density at radius 2 is 2.06 bits per heavy atom. The van der Waals surface area contributed by atoms with Crippen LogP contribution in [0.15, 0.2) is 0 Å². The third-order valence-electron chi connectivity index (χ3n) is 1.68. The summed E-state index contributed by atoms with van der Waals surface area (Å²) in [5.41, 5.74) is 0. The van der Waals surface area contributed by atoms with E-state index in [1.54, 1.807) is 7.05 Å². The first-order valence-corrected chi connectivity index (χ1v) is 7.16. The van der Waals surface area contributed by atoms with Crippen molar-refractivity contribution in [1.29, 1.82) is 0 Å². The zero-order valence-electron chi connectivity index (χ0n) is 9.05. The molecule has 2 N–H and O–H groups in total. The van der Waals surface area contributed by atoms with Gasteiger partial charge < -0.3 is 14.8 Å². The lowest BCUT2D eigenvalue weighted by molar-refractivity contribution is -0.122. The lowest BCUT2D eigenvalue weighted by Crippen LogP contribution is -2.27. The smallest absolute Gasteiger partial charge is 0.220 e. The number of rotatable bonds is 9. The summed E-state index contributed by atoms with van der Waals surface area (Å²) in [6.07, 6.45) is 1.18. The van der Waals surface area contributed by atoms with Gasteiger partial charge in [0.05, 0.1) is 18.3 Å². The number of hydrogen-bond donors (Lipinski definition) is 2. The van der Waals surface area contributed by atoms with E-state index in [0.717, 1.165) is 11.7 Å². The first-order chi connectivity index (χ1) is 7.70. The summed E-state index contributed by atoms with van der Waals surface area (Å²) < 4.78 is 16.4. The topological polar surface area (TPSA) is 67.4 Å².